The van der Waals surface area contributed by atoms with E-state index in [0.29, 0.717) is 23.4 Å². The summed E-state index contributed by atoms with van der Waals surface area (Å²) in [5.74, 6) is 1.86. The number of fused-ring (bicyclic) bond motifs is 2. The van der Waals surface area contributed by atoms with Gasteiger partial charge in [-0.1, -0.05) is 18.9 Å². The molecule has 1 aliphatic carbocycles. The van der Waals surface area contributed by atoms with Gasteiger partial charge >= 0.3 is 0 Å². The fraction of sp³-hybridized carbons (Fsp3) is 0.577. The summed E-state index contributed by atoms with van der Waals surface area (Å²) in [7, 11) is 3.55. The molecule has 10 heteroatoms. The number of nitrogens with one attached hydrogen (secondary N) is 2. The standard InChI is InChI=1S/C26H34N8O2/c1-15-20(33-14-17-11-27-13-19(17)24(33)35)8-9-22(29-15)30-26-28-12-16-10-21(25(36)32(2)3)34(23(16)31-26)18-6-4-5-7-18/h8-10,12,15,17-20,27H,4-7,11,13-14H2,1-3H3,(H,28,29,30,31)/t15?,17-,19-,20?/m0/s1. The highest BCUT2D eigenvalue weighted by Crippen LogP contribution is 2.35. The van der Waals surface area contributed by atoms with E-state index >= 15 is 0 Å². The minimum atomic E-state index is -0.0661. The van der Waals surface area contributed by atoms with Crippen LogP contribution in [0.4, 0.5) is 5.95 Å². The van der Waals surface area contributed by atoms with Crippen LogP contribution in [-0.4, -0.2) is 87.8 Å². The van der Waals surface area contributed by atoms with Crippen LogP contribution in [0.5, 0.6) is 0 Å². The highest BCUT2D eigenvalue weighted by atomic mass is 16.2. The summed E-state index contributed by atoms with van der Waals surface area (Å²) in [5.41, 5.74) is 1.44. The Morgan fingerprint density at radius 3 is 2.75 bits per heavy atom. The van der Waals surface area contributed by atoms with E-state index in [4.69, 9.17) is 9.98 Å². The first-order valence-electron chi connectivity index (χ1n) is 13.0. The molecular formula is C26H34N8O2. The molecule has 3 aliphatic heterocycles. The van der Waals surface area contributed by atoms with Crippen molar-refractivity contribution in [2.75, 3.05) is 39.0 Å². The quantitative estimate of drug-likeness (QED) is 0.679. The number of anilines is 1. The zero-order valence-corrected chi connectivity index (χ0v) is 21.1. The number of dihydropyridines is 1. The molecule has 1 saturated carbocycles. The number of aromatic nitrogens is 3. The summed E-state index contributed by atoms with van der Waals surface area (Å²) >= 11 is 0. The number of nitrogens with zero attached hydrogens (tertiary/aromatic N) is 6. The number of hydrogen-bond acceptors (Lipinski definition) is 7. The summed E-state index contributed by atoms with van der Waals surface area (Å²) in [6.45, 7) is 4.53. The van der Waals surface area contributed by atoms with Crippen molar-refractivity contribution >= 4 is 34.6 Å². The molecule has 0 radical (unpaired) electrons. The van der Waals surface area contributed by atoms with Gasteiger partial charge in [0.2, 0.25) is 11.9 Å². The molecule has 10 nitrogen and oxygen atoms in total. The highest BCUT2D eigenvalue weighted by molar-refractivity contribution is 6.04. The van der Waals surface area contributed by atoms with Crippen LogP contribution in [0.3, 0.4) is 0 Å². The molecule has 2 N–H and O–H groups in total. The minimum absolute atomic E-state index is 0.0229. The van der Waals surface area contributed by atoms with Crippen LogP contribution in [-0.2, 0) is 4.79 Å². The van der Waals surface area contributed by atoms with E-state index in [1.807, 2.05) is 24.0 Å². The summed E-state index contributed by atoms with van der Waals surface area (Å²) in [5, 5.41) is 7.46. The third kappa shape index (κ3) is 3.87. The molecule has 2 unspecified atom stereocenters. The van der Waals surface area contributed by atoms with Crippen molar-refractivity contribution in [1.82, 2.24) is 29.7 Å². The third-order valence-electron chi connectivity index (χ3n) is 8.15. The van der Waals surface area contributed by atoms with E-state index in [0.717, 1.165) is 56.4 Å². The molecule has 3 fully saturated rings. The van der Waals surface area contributed by atoms with Crippen LogP contribution < -0.4 is 10.6 Å². The largest absolute Gasteiger partial charge is 0.343 e. The lowest BCUT2D eigenvalue weighted by atomic mass is 10.0. The lowest BCUT2D eigenvalue weighted by molar-refractivity contribution is -0.132. The van der Waals surface area contributed by atoms with Gasteiger partial charge < -0.3 is 25.0 Å². The highest BCUT2D eigenvalue weighted by Gasteiger charge is 2.46. The van der Waals surface area contributed by atoms with Crippen molar-refractivity contribution in [3.63, 3.8) is 0 Å². The molecular weight excluding hydrogens is 456 g/mol. The van der Waals surface area contributed by atoms with Gasteiger partial charge in [0.1, 0.15) is 17.2 Å². The molecule has 4 atom stereocenters. The second-order valence-electron chi connectivity index (χ2n) is 10.8. The maximum Gasteiger partial charge on any atom is 0.270 e. The molecule has 2 amide bonds. The average molecular weight is 491 g/mol. The van der Waals surface area contributed by atoms with Crippen molar-refractivity contribution in [3.05, 3.63) is 30.1 Å². The Bertz CT molecular complexity index is 1260. The first-order chi connectivity index (χ1) is 17.4. The van der Waals surface area contributed by atoms with Gasteiger partial charge in [0.05, 0.1) is 18.0 Å². The van der Waals surface area contributed by atoms with Crippen LogP contribution in [0.15, 0.2) is 29.4 Å². The Morgan fingerprint density at radius 1 is 1.22 bits per heavy atom. The van der Waals surface area contributed by atoms with Gasteiger partial charge in [0, 0.05) is 57.3 Å². The second-order valence-corrected chi connectivity index (χ2v) is 10.8. The summed E-state index contributed by atoms with van der Waals surface area (Å²) < 4.78 is 2.11. The van der Waals surface area contributed by atoms with Crippen LogP contribution in [0.1, 0.15) is 49.1 Å². The topological polar surface area (TPSA) is 108 Å². The van der Waals surface area contributed by atoms with E-state index in [-0.39, 0.29) is 35.9 Å². The number of amidine groups is 1. The maximum absolute atomic E-state index is 12.9. The Labute approximate surface area is 210 Å². The van der Waals surface area contributed by atoms with E-state index in [9.17, 15) is 9.59 Å². The third-order valence-corrected chi connectivity index (χ3v) is 8.15. The molecule has 5 heterocycles. The molecule has 2 aromatic heterocycles. The zero-order valence-electron chi connectivity index (χ0n) is 21.1. The molecule has 190 valence electrons. The van der Waals surface area contributed by atoms with E-state index in [1.54, 1.807) is 25.2 Å². The normalized spacial score (nSPS) is 28.1. The first kappa shape index (κ1) is 23.1. The predicted octanol–water partition coefficient (Wildman–Crippen LogP) is 2.06. The van der Waals surface area contributed by atoms with Crippen molar-refractivity contribution in [1.29, 1.82) is 0 Å². The van der Waals surface area contributed by atoms with Crippen molar-refractivity contribution in [3.8, 4) is 0 Å². The van der Waals surface area contributed by atoms with Gasteiger partial charge in [-0.15, -0.1) is 0 Å². The molecule has 4 aliphatic rings. The Kier molecular flexibility index (Phi) is 5.78. The first-order valence-corrected chi connectivity index (χ1v) is 13.0. The van der Waals surface area contributed by atoms with Crippen LogP contribution >= 0.6 is 0 Å². The summed E-state index contributed by atoms with van der Waals surface area (Å²) in [4.78, 5) is 43.6. The molecule has 36 heavy (non-hydrogen) atoms. The molecule has 2 aromatic rings. The Balaban J connectivity index is 1.24. The Hall–Kier alpha value is -3.27. The number of rotatable bonds is 4. The summed E-state index contributed by atoms with van der Waals surface area (Å²) in [6.07, 6.45) is 10.2. The fourth-order valence-corrected chi connectivity index (χ4v) is 6.27. The zero-order chi connectivity index (χ0) is 25.0. The van der Waals surface area contributed by atoms with Gasteiger partial charge in [0.25, 0.3) is 5.91 Å². The minimum Gasteiger partial charge on any atom is -0.343 e. The predicted molar refractivity (Wildman–Crippen MR) is 138 cm³/mol. The molecule has 0 spiro atoms. The van der Waals surface area contributed by atoms with E-state index in [1.165, 1.54) is 0 Å². The number of hydrogen-bond donors (Lipinski definition) is 2. The number of likely N-dealkylation sites (tertiary alicyclic amines) is 1. The van der Waals surface area contributed by atoms with Crippen LogP contribution in [0, 0.1) is 11.8 Å². The molecule has 2 saturated heterocycles. The molecule has 0 aromatic carbocycles. The monoisotopic (exact) mass is 490 g/mol. The summed E-state index contributed by atoms with van der Waals surface area (Å²) in [6, 6.07) is 2.08. The van der Waals surface area contributed by atoms with Gasteiger partial charge in [-0.3, -0.25) is 14.6 Å². The average Bonchev–Trinajstić information content (AvgIpc) is 3.64. The van der Waals surface area contributed by atoms with Gasteiger partial charge in [-0.05, 0) is 31.9 Å². The molecule has 6 rings (SSSR count). The van der Waals surface area contributed by atoms with Crippen LogP contribution in [0.2, 0.25) is 0 Å². The van der Waals surface area contributed by atoms with Gasteiger partial charge in [0.15, 0.2) is 0 Å². The Morgan fingerprint density at radius 2 is 2.03 bits per heavy atom. The fourth-order valence-electron chi connectivity index (χ4n) is 6.27. The van der Waals surface area contributed by atoms with E-state index < -0.39 is 0 Å². The van der Waals surface area contributed by atoms with Crippen molar-refractivity contribution < 1.29 is 9.59 Å². The van der Waals surface area contributed by atoms with Gasteiger partial charge in [-0.25, -0.2) is 4.98 Å². The second kappa shape index (κ2) is 8.99. The molecule has 0 bridgehead atoms. The number of amides is 2. The lowest BCUT2D eigenvalue weighted by Crippen LogP contribution is -2.45. The lowest BCUT2D eigenvalue weighted by Gasteiger charge is -2.31. The maximum atomic E-state index is 12.9. The van der Waals surface area contributed by atoms with Crippen LogP contribution in [0.25, 0.3) is 11.0 Å². The number of aliphatic imine (C=N–C) groups is 1. The van der Waals surface area contributed by atoms with Crippen molar-refractivity contribution in [2.24, 2.45) is 16.8 Å². The van der Waals surface area contributed by atoms with E-state index in [2.05, 4.69) is 26.3 Å². The van der Waals surface area contributed by atoms with Gasteiger partial charge in [-0.2, -0.15) is 4.98 Å². The number of carbonyl (C=O) groups is 2. The van der Waals surface area contributed by atoms with Crippen molar-refractivity contribution in [2.45, 2.75) is 50.7 Å². The SMILES string of the molecule is CC1N=C(Nc2ncc3cc(C(=O)N(C)C)n(C4CCCC4)c3n2)C=CC1N1C[C@@H]2CNC[C@@H]2C1=O. The number of carbonyl (C=O) groups excluding carboxylic acids is 2. The smallest absolute Gasteiger partial charge is 0.270 e.